The number of rotatable bonds is 82. The van der Waals surface area contributed by atoms with Gasteiger partial charge in [0.15, 0.2) is 12.2 Å². The van der Waals surface area contributed by atoms with E-state index in [0.717, 1.165) is 89.9 Å². The largest absolute Gasteiger partial charge is 0.472 e. The molecule has 2 unspecified atom stereocenters. The van der Waals surface area contributed by atoms with Gasteiger partial charge >= 0.3 is 39.5 Å². The Balaban J connectivity index is 5.25. The quantitative estimate of drug-likeness (QED) is 0.0222. The van der Waals surface area contributed by atoms with E-state index in [1.165, 1.54) is 270 Å². The van der Waals surface area contributed by atoms with Crippen LogP contribution >= 0.6 is 15.6 Å². The molecular weight excluding hydrogens is 1310 g/mol. The number of aliphatic hydroxyl groups is 1. The summed E-state index contributed by atoms with van der Waals surface area (Å²) < 4.78 is 68.8. The van der Waals surface area contributed by atoms with E-state index in [0.29, 0.717) is 25.7 Å². The molecule has 0 aliphatic carbocycles. The van der Waals surface area contributed by atoms with E-state index in [-0.39, 0.29) is 25.7 Å². The van der Waals surface area contributed by atoms with Crippen LogP contribution in [0.2, 0.25) is 0 Å². The van der Waals surface area contributed by atoms with E-state index < -0.39 is 97.5 Å². The first-order chi connectivity index (χ1) is 48.7. The highest BCUT2D eigenvalue weighted by molar-refractivity contribution is 7.47. The van der Waals surface area contributed by atoms with Crippen LogP contribution in [0.1, 0.15) is 439 Å². The van der Waals surface area contributed by atoms with Crippen LogP contribution < -0.4 is 0 Å². The first kappa shape index (κ1) is 98.1. The minimum absolute atomic E-state index is 0.109. The molecule has 0 aromatic heterocycles. The molecule has 0 aliphatic heterocycles. The summed E-state index contributed by atoms with van der Waals surface area (Å²) in [6.07, 6.45) is 67.8. The molecule has 594 valence electrons. The number of phosphoric acid groups is 2. The lowest BCUT2D eigenvalue weighted by atomic mass is 10.0. The van der Waals surface area contributed by atoms with Crippen molar-refractivity contribution in [2.45, 2.75) is 457 Å². The summed E-state index contributed by atoms with van der Waals surface area (Å²) in [5.41, 5.74) is 0. The SMILES string of the molecule is CCCCCCCCCCCCCCCCCCCCCC(=O)O[C@H](COC(=O)CCCCCCCCCCCCCCCC)COP(=O)(O)OC[C@@H](O)COP(=O)(O)OC[C@@H](COC(=O)CCCCCCCCCCCCCCC)OC(=O)CCCCCCCCCCCCCCCC. The van der Waals surface area contributed by atoms with Gasteiger partial charge in [-0.1, -0.05) is 387 Å². The molecule has 5 atom stereocenters. The zero-order valence-corrected chi connectivity index (χ0v) is 67.0. The average Bonchev–Trinajstić information content (AvgIpc) is 1.70. The van der Waals surface area contributed by atoms with Crippen molar-refractivity contribution in [1.29, 1.82) is 0 Å². The molecule has 19 heteroatoms. The third-order valence-electron chi connectivity index (χ3n) is 19.1. The molecule has 0 aromatic rings. The molecule has 0 bridgehead atoms. The van der Waals surface area contributed by atoms with Crippen LogP contribution in [0.5, 0.6) is 0 Å². The van der Waals surface area contributed by atoms with Crippen molar-refractivity contribution < 1.29 is 80.2 Å². The maximum Gasteiger partial charge on any atom is 0.472 e. The van der Waals surface area contributed by atoms with Crippen LogP contribution in [-0.2, 0) is 65.4 Å². The zero-order valence-electron chi connectivity index (χ0n) is 65.2. The highest BCUT2D eigenvalue weighted by Crippen LogP contribution is 2.45. The molecule has 0 aliphatic rings. The summed E-state index contributed by atoms with van der Waals surface area (Å²) >= 11 is 0. The van der Waals surface area contributed by atoms with Gasteiger partial charge in [-0.25, -0.2) is 9.13 Å². The van der Waals surface area contributed by atoms with Crippen molar-refractivity contribution in [2.24, 2.45) is 0 Å². The topological polar surface area (TPSA) is 237 Å². The summed E-state index contributed by atoms with van der Waals surface area (Å²) in [7, 11) is -9.92. The van der Waals surface area contributed by atoms with Gasteiger partial charge in [0.05, 0.1) is 26.4 Å². The van der Waals surface area contributed by atoms with Gasteiger partial charge in [0.2, 0.25) is 0 Å². The molecule has 0 saturated carbocycles. The van der Waals surface area contributed by atoms with Gasteiger partial charge in [-0.05, 0) is 25.7 Å². The van der Waals surface area contributed by atoms with Crippen LogP contribution in [-0.4, -0.2) is 96.7 Å². The Morgan fingerprint density at radius 2 is 0.400 bits per heavy atom. The number of phosphoric ester groups is 2. The maximum atomic E-state index is 13.1. The minimum atomic E-state index is -4.96. The van der Waals surface area contributed by atoms with E-state index in [9.17, 15) is 43.2 Å². The van der Waals surface area contributed by atoms with E-state index in [1.54, 1.807) is 0 Å². The van der Waals surface area contributed by atoms with Crippen molar-refractivity contribution in [3.8, 4) is 0 Å². The highest BCUT2D eigenvalue weighted by Gasteiger charge is 2.30. The summed E-state index contributed by atoms with van der Waals surface area (Å²) in [5.74, 6) is -2.10. The standard InChI is InChI=1S/C81H158O17P2/c1-5-9-13-17-21-25-29-33-36-37-38-39-40-44-48-52-56-60-64-68-81(86)98-77(72-92-79(84)66-62-58-54-50-46-42-34-30-26-22-18-14-10-6-2)74-96-100(89,90)94-70-75(82)69-93-99(87,88)95-73-76(71-91-78(83)65-61-57-53-49-45-41-32-28-24-20-16-12-8-4)97-80(85)67-63-59-55-51-47-43-35-31-27-23-19-15-11-7-3/h75-77,82H,5-74H2,1-4H3,(H,87,88)(H,89,90)/t75-,76+,77+/m0/s1. The lowest BCUT2D eigenvalue weighted by Gasteiger charge is -2.21. The normalized spacial score (nSPS) is 13.8. The summed E-state index contributed by atoms with van der Waals surface area (Å²) in [4.78, 5) is 73.1. The van der Waals surface area contributed by atoms with Gasteiger partial charge in [-0.15, -0.1) is 0 Å². The molecule has 0 amide bonds. The Bertz CT molecular complexity index is 1890. The number of hydrogen-bond donors (Lipinski definition) is 3. The number of carbonyl (C=O) groups excluding carboxylic acids is 4. The fraction of sp³-hybridized carbons (Fsp3) is 0.951. The molecule has 0 saturated heterocycles. The van der Waals surface area contributed by atoms with Gasteiger partial charge in [0.25, 0.3) is 0 Å². The molecule has 17 nitrogen and oxygen atoms in total. The second-order valence-corrected chi connectivity index (χ2v) is 32.1. The van der Waals surface area contributed by atoms with E-state index in [4.69, 9.17) is 37.0 Å². The highest BCUT2D eigenvalue weighted by atomic mass is 31.2. The predicted molar refractivity (Wildman–Crippen MR) is 409 cm³/mol. The fourth-order valence-corrected chi connectivity index (χ4v) is 14.2. The van der Waals surface area contributed by atoms with Crippen molar-refractivity contribution in [3.63, 3.8) is 0 Å². The Morgan fingerprint density at radius 3 is 0.590 bits per heavy atom. The van der Waals surface area contributed by atoms with Crippen LogP contribution in [0.4, 0.5) is 0 Å². The smallest absolute Gasteiger partial charge is 0.462 e. The monoisotopic (exact) mass is 1470 g/mol. The van der Waals surface area contributed by atoms with E-state index in [1.807, 2.05) is 0 Å². The van der Waals surface area contributed by atoms with Gasteiger partial charge in [-0.2, -0.15) is 0 Å². The second kappa shape index (κ2) is 75.3. The minimum Gasteiger partial charge on any atom is -0.462 e. The number of ether oxygens (including phenoxy) is 4. The predicted octanol–water partition coefficient (Wildman–Crippen LogP) is 24.6. The molecule has 0 heterocycles. The van der Waals surface area contributed by atoms with Crippen LogP contribution in [0.3, 0.4) is 0 Å². The first-order valence-corrected chi connectivity index (χ1v) is 45.3. The van der Waals surface area contributed by atoms with Crippen molar-refractivity contribution >= 4 is 39.5 Å². The van der Waals surface area contributed by atoms with Gasteiger partial charge in [-0.3, -0.25) is 37.3 Å². The number of unbranched alkanes of at least 4 members (excludes halogenated alkanes) is 56. The molecule has 100 heavy (non-hydrogen) atoms. The van der Waals surface area contributed by atoms with Gasteiger partial charge in [0, 0.05) is 25.7 Å². The Hall–Kier alpha value is -1.94. The number of carbonyl (C=O) groups is 4. The van der Waals surface area contributed by atoms with E-state index in [2.05, 4.69) is 27.7 Å². The molecule has 0 rings (SSSR count). The second-order valence-electron chi connectivity index (χ2n) is 29.2. The summed E-state index contributed by atoms with van der Waals surface area (Å²) in [5, 5.41) is 10.6. The van der Waals surface area contributed by atoms with Crippen molar-refractivity contribution in [3.05, 3.63) is 0 Å². The van der Waals surface area contributed by atoms with Crippen LogP contribution in [0.25, 0.3) is 0 Å². The van der Waals surface area contributed by atoms with Crippen LogP contribution in [0.15, 0.2) is 0 Å². The van der Waals surface area contributed by atoms with E-state index >= 15 is 0 Å². The maximum absolute atomic E-state index is 13.1. The molecule has 0 spiro atoms. The van der Waals surface area contributed by atoms with Gasteiger partial charge in [0.1, 0.15) is 19.3 Å². The van der Waals surface area contributed by atoms with Crippen LogP contribution in [0, 0.1) is 0 Å². The zero-order chi connectivity index (χ0) is 73.2. The summed E-state index contributed by atoms with van der Waals surface area (Å²) in [6.45, 7) is 5.04. The Morgan fingerprint density at radius 1 is 0.240 bits per heavy atom. The fourth-order valence-electron chi connectivity index (χ4n) is 12.6. The third-order valence-corrected chi connectivity index (χ3v) is 21.0. The lowest BCUT2D eigenvalue weighted by molar-refractivity contribution is -0.161. The van der Waals surface area contributed by atoms with Gasteiger partial charge < -0.3 is 33.8 Å². The average molecular weight is 1470 g/mol. The van der Waals surface area contributed by atoms with Crippen molar-refractivity contribution in [1.82, 2.24) is 0 Å². The Labute approximate surface area is 613 Å². The molecule has 0 radical (unpaired) electrons. The first-order valence-electron chi connectivity index (χ1n) is 42.3. The number of hydrogen-bond acceptors (Lipinski definition) is 15. The number of aliphatic hydroxyl groups excluding tert-OH is 1. The third kappa shape index (κ3) is 74.3. The molecule has 0 fully saturated rings. The van der Waals surface area contributed by atoms with Crippen molar-refractivity contribution in [2.75, 3.05) is 39.6 Å². The lowest BCUT2D eigenvalue weighted by Crippen LogP contribution is -2.30. The molecular formula is C81H158O17P2. The Kier molecular flexibility index (Phi) is 73.8. The number of esters is 4. The molecule has 0 aromatic carbocycles. The summed E-state index contributed by atoms with van der Waals surface area (Å²) in [6, 6.07) is 0. The molecule has 3 N–H and O–H groups in total.